The van der Waals surface area contributed by atoms with E-state index < -0.39 is 11.9 Å². The van der Waals surface area contributed by atoms with Gasteiger partial charge in [0.15, 0.2) is 0 Å². The lowest BCUT2D eigenvalue weighted by atomic mass is 9.94. The van der Waals surface area contributed by atoms with Gasteiger partial charge in [0.1, 0.15) is 0 Å². The van der Waals surface area contributed by atoms with E-state index in [1.807, 2.05) is 11.0 Å². The minimum absolute atomic E-state index is 0.0342. The predicted molar refractivity (Wildman–Crippen MR) is 56.7 cm³/mol. The quantitative estimate of drug-likeness (QED) is 0.514. The number of hydrogen-bond donors (Lipinski definition) is 3. The van der Waals surface area contributed by atoms with Gasteiger partial charge in [0, 0.05) is 25.7 Å². The van der Waals surface area contributed by atoms with E-state index in [9.17, 15) is 4.79 Å². The van der Waals surface area contributed by atoms with Gasteiger partial charge in [-0.2, -0.15) is 5.26 Å². The lowest BCUT2D eigenvalue weighted by Crippen LogP contribution is -2.51. The van der Waals surface area contributed by atoms with Crippen molar-refractivity contribution in [3.8, 4) is 6.07 Å². The number of aliphatic hydroxyl groups excluding tert-OH is 1. The lowest BCUT2D eigenvalue weighted by molar-refractivity contribution is -0.143. The number of nitriles is 1. The zero-order valence-corrected chi connectivity index (χ0v) is 9.09. The Balaban J connectivity index is 2.52. The molecule has 0 saturated carbocycles. The fourth-order valence-electron chi connectivity index (χ4n) is 2.01. The fourth-order valence-corrected chi connectivity index (χ4v) is 2.01. The van der Waals surface area contributed by atoms with E-state index in [0.29, 0.717) is 26.1 Å². The molecular weight excluding hydrogens is 210 g/mol. The molecule has 0 amide bonds. The molecular formula is C10H17N3O3. The molecule has 2 unspecified atom stereocenters. The SMILES string of the molecule is N#CCN1CC(NCCO)CC(C(=O)O)C1. The van der Waals surface area contributed by atoms with Gasteiger partial charge >= 0.3 is 5.97 Å². The second-order valence-electron chi connectivity index (χ2n) is 4.00. The summed E-state index contributed by atoms with van der Waals surface area (Å²) in [5.74, 6) is -1.25. The Bertz CT molecular complexity index is 277. The minimum atomic E-state index is -0.821. The Morgan fingerprint density at radius 2 is 2.31 bits per heavy atom. The van der Waals surface area contributed by atoms with Crippen LogP contribution in [0.4, 0.5) is 0 Å². The molecule has 0 aromatic rings. The monoisotopic (exact) mass is 227 g/mol. The van der Waals surface area contributed by atoms with Crippen molar-refractivity contribution >= 4 is 5.97 Å². The summed E-state index contributed by atoms with van der Waals surface area (Å²) >= 11 is 0. The van der Waals surface area contributed by atoms with Crippen molar-refractivity contribution in [2.24, 2.45) is 5.92 Å². The number of carboxylic acids is 1. The number of nitrogens with zero attached hydrogens (tertiary/aromatic N) is 2. The molecule has 2 atom stereocenters. The maximum atomic E-state index is 10.9. The molecule has 1 heterocycles. The van der Waals surface area contributed by atoms with Crippen molar-refractivity contribution < 1.29 is 15.0 Å². The summed E-state index contributed by atoms with van der Waals surface area (Å²) in [4.78, 5) is 12.8. The average molecular weight is 227 g/mol. The van der Waals surface area contributed by atoms with Crippen molar-refractivity contribution in [1.82, 2.24) is 10.2 Å². The first-order chi connectivity index (χ1) is 7.67. The van der Waals surface area contributed by atoms with Gasteiger partial charge in [0.25, 0.3) is 0 Å². The number of nitrogens with one attached hydrogen (secondary N) is 1. The second kappa shape index (κ2) is 6.43. The fraction of sp³-hybridized carbons (Fsp3) is 0.800. The number of piperidine rings is 1. The number of carboxylic acid groups (broad SMARTS) is 1. The van der Waals surface area contributed by atoms with Crippen LogP contribution in [0.15, 0.2) is 0 Å². The third-order valence-corrected chi connectivity index (χ3v) is 2.71. The highest BCUT2D eigenvalue weighted by Gasteiger charge is 2.30. The average Bonchev–Trinajstić information content (AvgIpc) is 2.26. The van der Waals surface area contributed by atoms with Crippen molar-refractivity contribution in [2.45, 2.75) is 12.5 Å². The van der Waals surface area contributed by atoms with E-state index in [1.54, 1.807) is 0 Å². The van der Waals surface area contributed by atoms with Gasteiger partial charge in [-0.05, 0) is 6.42 Å². The Morgan fingerprint density at radius 1 is 1.56 bits per heavy atom. The van der Waals surface area contributed by atoms with Gasteiger partial charge in [-0.15, -0.1) is 0 Å². The molecule has 16 heavy (non-hydrogen) atoms. The summed E-state index contributed by atoms with van der Waals surface area (Å²) in [5, 5.41) is 29.4. The van der Waals surface area contributed by atoms with E-state index >= 15 is 0 Å². The molecule has 1 rings (SSSR count). The molecule has 6 heteroatoms. The number of carbonyl (C=O) groups is 1. The molecule has 0 spiro atoms. The zero-order chi connectivity index (χ0) is 12.0. The summed E-state index contributed by atoms with van der Waals surface area (Å²) in [6.45, 7) is 1.84. The van der Waals surface area contributed by atoms with Crippen LogP contribution < -0.4 is 5.32 Å². The van der Waals surface area contributed by atoms with Crippen LogP contribution in [0, 0.1) is 17.2 Å². The Labute approximate surface area is 94.5 Å². The Hall–Kier alpha value is -1.16. The number of likely N-dealkylation sites (tertiary alicyclic amines) is 1. The molecule has 1 saturated heterocycles. The van der Waals surface area contributed by atoms with E-state index in [0.717, 1.165) is 0 Å². The largest absolute Gasteiger partial charge is 0.481 e. The first-order valence-electron chi connectivity index (χ1n) is 5.33. The third kappa shape index (κ3) is 3.77. The van der Waals surface area contributed by atoms with Crippen LogP contribution in [0.2, 0.25) is 0 Å². The first kappa shape index (κ1) is 12.9. The maximum absolute atomic E-state index is 10.9. The molecule has 0 aromatic carbocycles. The van der Waals surface area contributed by atoms with E-state index in [1.165, 1.54) is 0 Å². The highest BCUT2D eigenvalue weighted by molar-refractivity contribution is 5.70. The number of rotatable bonds is 5. The summed E-state index contributed by atoms with van der Waals surface area (Å²) in [7, 11) is 0. The van der Waals surface area contributed by atoms with Crippen LogP contribution in [0.25, 0.3) is 0 Å². The predicted octanol–water partition coefficient (Wildman–Crippen LogP) is -1.13. The molecule has 1 fully saturated rings. The summed E-state index contributed by atoms with van der Waals surface area (Å²) < 4.78 is 0. The topological polar surface area (TPSA) is 96.6 Å². The van der Waals surface area contributed by atoms with E-state index in [-0.39, 0.29) is 19.2 Å². The van der Waals surface area contributed by atoms with Gasteiger partial charge in [0.05, 0.1) is 25.1 Å². The van der Waals surface area contributed by atoms with Crippen molar-refractivity contribution in [2.75, 3.05) is 32.8 Å². The van der Waals surface area contributed by atoms with E-state index in [2.05, 4.69) is 5.32 Å². The van der Waals surface area contributed by atoms with Crippen molar-refractivity contribution in [3.05, 3.63) is 0 Å². The number of aliphatic carboxylic acids is 1. The molecule has 3 N–H and O–H groups in total. The van der Waals surface area contributed by atoms with Gasteiger partial charge in [-0.1, -0.05) is 0 Å². The van der Waals surface area contributed by atoms with Crippen LogP contribution >= 0.6 is 0 Å². The summed E-state index contributed by atoms with van der Waals surface area (Å²) in [5.41, 5.74) is 0. The standard InChI is InChI=1S/C10H17N3O3/c11-1-3-13-6-8(10(15)16)5-9(7-13)12-2-4-14/h8-9,12,14H,2-7H2,(H,15,16). The van der Waals surface area contributed by atoms with E-state index in [4.69, 9.17) is 15.5 Å². The van der Waals surface area contributed by atoms with Crippen molar-refractivity contribution in [3.63, 3.8) is 0 Å². The Kier molecular flexibility index (Phi) is 5.19. The summed E-state index contributed by atoms with van der Waals surface area (Å²) in [6.07, 6.45) is 0.553. The zero-order valence-electron chi connectivity index (χ0n) is 9.09. The van der Waals surface area contributed by atoms with Crippen LogP contribution in [-0.4, -0.2) is 59.9 Å². The van der Waals surface area contributed by atoms with Crippen LogP contribution in [0.3, 0.4) is 0 Å². The second-order valence-corrected chi connectivity index (χ2v) is 4.00. The lowest BCUT2D eigenvalue weighted by Gasteiger charge is -2.35. The molecule has 0 radical (unpaired) electrons. The molecule has 0 bridgehead atoms. The number of hydrogen-bond acceptors (Lipinski definition) is 5. The Morgan fingerprint density at radius 3 is 2.88 bits per heavy atom. The molecule has 1 aliphatic heterocycles. The third-order valence-electron chi connectivity index (χ3n) is 2.71. The number of aliphatic hydroxyl groups is 1. The normalized spacial score (nSPS) is 26.2. The molecule has 90 valence electrons. The van der Waals surface area contributed by atoms with Crippen LogP contribution in [-0.2, 0) is 4.79 Å². The van der Waals surface area contributed by atoms with Gasteiger partial charge in [-0.25, -0.2) is 0 Å². The smallest absolute Gasteiger partial charge is 0.307 e. The molecule has 1 aliphatic rings. The summed E-state index contributed by atoms with van der Waals surface area (Å²) in [6, 6.07) is 2.07. The maximum Gasteiger partial charge on any atom is 0.307 e. The van der Waals surface area contributed by atoms with Crippen LogP contribution in [0.1, 0.15) is 6.42 Å². The minimum Gasteiger partial charge on any atom is -0.481 e. The molecule has 0 aromatic heterocycles. The highest BCUT2D eigenvalue weighted by Crippen LogP contribution is 2.16. The molecule has 0 aliphatic carbocycles. The van der Waals surface area contributed by atoms with Crippen LogP contribution in [0.5, 0.6) is 0 Å². The van der Waals surface area contributed by atoms with Crippen molar-refractivity contribution in [1.29, 1.82) is 5.26 Å². The highest BCUT2D eigenvalue weighted by atomic mass is 16.4. The van der Waals surface area contributed by atoms with Gasteiger partial charge in [-0.3, -0.25) is 9.69 Å². The van der Waals surface area contributed by atoms with Gasteiger partial charge < -0.3 is 15.5 Å². The molecule has 6 nitrogen and oxygen atoms in total. The van der Waals surface area contributed by atoms with Gasteiger partial charge in [0.2, 0.25) is 0 Å². The first-order valence-corrected chi connectivity index (χ1v) is 5.33.